The fourth-order valence-electron chi connectivity index (χ4n) is 2.45. The minimum Gasteiger partial charge on any atom is -0.423 e. The minimum atomic E-state index is -3.93. The molecular formula is C16H20N5O4P. The van der Waals surface area contributed by atoms with Gasteiger partial charge in [0.15, 0.2) is 17.8 Å². The lowest BCUT2D eigenvalue weighted by molar-refractivity contribution is 0.0772. The molecule has 0 spiro atoms. The highest BCUT2D eigenvalue weighted by atomic mass is 31.2. The van der Waals surface area contributed by atoms with E-state index in [1.165, 1.54) is 6.33 Å². The number of aryl methyl sites for hydroxylation is 1. The Bertz CT molecular complexity index is 961. The van der Waals surface area contributed by atoms with Gasteiger partial charge in [0.05, 0.1) is 19.0 Å². The molecule has 9 nitrogen and oxygen atoms in total. The number of hydrogen-bond acceptors (Lipinski definition) is 7. The van der Waals surface area contributed by atoms with Crippen molar-refractivity contribution in [3.63, 3.8) is 0 Å². The molecule has 138 valence electrons. The van der Waals surface area contributed by atoms with Crippen molar-refractivity contribution in [2.75, 3.05) is 12.1 Å². The van der Waals surface area contributed by atoms with Crippen LogP contribution in [0.2, 0.25) is 0 Å². The number of rotatable bonds is 7. The summed E-state index contributed by atoms with van der Waals surface area (Å²) in [4.78, 5) is 22.2. The van der Waals surface area contributed by atoms with E-state index in [0.717, 1.165) is 5.56 Å². The second kappa shape index (κ2) is 7.41. The molecule has 26 heavy (non-hydrogen) atoms. The largest absolute Gasteiger partial charge is 0.423 e. The van der Waals surface area contributed by atoms with E-state index < -0.39 is 13.9 Å². The first-order valence-corrected chi connectivity index (χ1v) is 9.71. The molecule has 0 radical (unpaired) electrons. The van der Waals surface area contributed by atoms with Crippen LogP contribution in [0.5, 0.6) is 5.75 Å². The van der Waals surface area contributed by atoms with E-state index in [2.05, 4.69) is 15.0 Å². The average molecular weight is 377 g/mol. The predicted octanol–water partition coefficient (Wildman–Crippen LogP) is 2.34. The van der Waals surface area contributed by atoms with Crippen molar-refractivity contribution >= 4 is 24.6 Å². The first kappa shape index (κ1) is 18.3. The van der Waals surface area contributed by atoms with E-state index >= 15 is 0 Å². The molecule has 0 bridgehead atoms. The summed E-state index contributed by atoms with van der Waals surface area (Å²) in [5.74, 6) is 0.633. The summed E-state index contributed by atoms with van der Waals surface area (Å²) in [6.07, 6.45) is 2.15. The summed E-state index contributed by atoms with van der Waals surface area (Å²) < 4.78 is 24.6. The molecule has 0 saturated heterocycles. The van der Waals surface area contributed by atoms with Gasteiger partial charge in [-0.05, 0) is 31.5 Å². The van der Waals surface area contributed by atoms with Crippen LogP contribution in [0.25, 0.3) is 11.2 Å². The van der Waals surface area contributed by atoms with E-state index in [9.17, 15) is 9.46 Å². The molecule has 1 unspecified atom stereocenters. The number of nitrogen functional groups attached to an aromatic ring is 1. The van der Waals surface area contributed by atoms with Crippen LogP contribution in [-0.2, 0) is 15.8 Å². The standard InChI is InChI=1S/C16H20N5O4P/c1-11-4-3-5-13(6-11)25-26(22,23)10-24-12(2)7-21-9-20-14-15(17)18-8-19-16(14)21/h3-6,8-9,12H,7,10H2,1-2H3,(H,22,23)(H2,17,18,19)/t12-/m1/s1. The van der Waals surface area contributed by atoms with Gasteiger partial charge in [-0.3, -0.25) is 0 Å². The average Bonchev–Trinajstić information content (AvgIpc) is 2.97. The smallest absolute Gasteiger partial charge is 0.402 e. The molecule has 0 aliphatic heterocycles. The first-order chi connectivity index (χ1) is 12.3. The SMILES string of the molecule is Cc1cccc(OP(=O)(O)CO[C@H](C)Cn2cnc3c(N)ncnc32)c1. The van der Waals surface area contributed by atoms with E-state index in [1.807, 2.05) is 13.0 Å². The number of benzene rings is 1. The highest BCUT2D eigenvalue weighted by molar-refractivity contribution is 7.53. The van der Waals surface area contributed by atoms with Crippen LogP contribution in [0.4, 0.5) is 5.82 Å². The fourth-order valence-corrected chi connectivity index (χ4v) is 3.39. The van der Waals surface area contributed by atoms with Gasteiger partial charge in [0.1, 0.15) is 17.6 Å². The third-order valence-electron chi connectivity index (χ3n) is 3.64. The normalized spacial score (nSPS) is 14.9. The van der Waals surface area contributed by atoms with E-state index in [1.54, 1.807) is 36.0 Å². The van der Waals surface area contributed by atoms with Gasteiger partial charge >= 0.3 is 7.60 Å². The van der Waals surface area contributed by atoms with Crippen molar-refractivity contribution < 1.29 is 18.7 Å². The van der Waals surface area contributed by atoms with Gasteiger partial charge in [-0.1, -0.05) is 12.1 Å². The van der Waals surface area contributed by atoms with Gasteiger partial charge in [-0.2, -0.15) is 0 Å². The number of hydrogen-bond donors (Lipinski definition) is 2. The Morgan fingerprint density at radius 1 is 1.35 bits per heavy atom. The fraction of sp³-hybridized carbons (Fsp3) is 0.312. The number of nitrogens with two attached hydrogens (primary N) is 1. The third-order valence-corrected chi connectivity index (χ3v) is 4.61. The maximum Gasteiger partial charge on any atom is 0.402 e. The lowest BCUT2D eigenvalue weighted by Crippen LogP contribution is -2.18. The third kappa shape index (κ3) is 4.37. The summed E-state index contributed by atoms with van der Waals surface area (Å²) in [5.41, 5.74) is 7.78. The van der Waals surface area contributed by atoms with Crippen LogP contribution < -0.4 is 10.3 Å². The zero-order valence-electron chi connectivity index (χ0n) is 14.4. The second-order valence-corrected chi connectivity index (χ2v) is 7.70. The molecule has 3 rings (SSSR count). The van der Waals surface area contributed by atoms with Gasteiger partial charge in [-0.15, -0.1) is 0 Å². The summed E-state index contributed by atoms with van der Waals surface area (Å²) >= 11 is 0. The minimum absolute atomic E-state index is 0.300. The topological polar surface area (TPSA) is 125 Å². The lowest BCUT2D eigenvalue weighted by atomic mass is 10.2. The van der Waals surface area contributed by atoms with E-state index in [4.69, 9.17) is 15.0 Å². The molecule has 0 amide bonds. The van der Waals surface area contributed by atoms with Crippen LogP contribution in [0, 0.1) is 6.92 Å². The summed E-state index contributed by atoms with van der Waals surface area (Å²) in [6.45, 7) is 4.04. The van der Waals surface area contributed by atoms with Crippen molar-refractivity contribution in [2.45, 2.75) is 26.5 Å². The van der Waals surface area contributed by atoms with Crippen molar-refractivity contribution in [1.29, 1.82) is 0 Å². The Labute approximate surface area is 150 Å². The monoisotopic (exact) mass is 377 g/mol. The van der Waals surface area contributed by atoms with Crippen molar-refractivity contribution in [2.24, 2.45) is 0 Å². The van der Waals surface area contributed by atoms with Crippen LogP contribution in [0.3, 0.4) is 0 Å². The predicted molar refractivity (Wildman–Crippen MR) is 96.8 cm³/mol. The lowest BCUT2D eigenvalue weighted by Gasteiger charge is -2.18. The highest BCUT2D eigenvalue weighted by Gasteiger charge is 2.23. The van der Waals surface area contributed by atoms with Crippen LogP contribution in [0.15, 0.2) is 36.9 Å². The molecule has 10 heteroatoms. The molecule has 3 N–H and O–H groups in total. The summed E-state index contributed by atoms with van der Waals surface area (Å²) in [6, 6.07) is 6.94. The molecular weight excluding hydrogens is 357 g/mol. The van der Waals surface area contributed by atoms with Crippen molar-refractivity contribution in [3.8, 4) is 5.75 Å². The Morgan fingerprint density at radius 3 is 2.92 bits per heavy atom. The Kier molecular flexibility index (Phi) is 5.22. The number of ether oxygens (including phenoxy) is 1. The molecule has 0 aliphatic carbocycles. The number of fused-ring (bicyclic) bond motifs is 1. The molecule has 0 fully saturated rings. The van der Waals surface area contributed by atoms with Crippen LogP contribution in [-0.4, -0.2) is 36.9 Å². The number of imidazole rings is 1. The Hall–Kier alpha value is -2.48. The van der Waals surface area contributed by atoms with Gasteiger partial charge < -0.3 is 24.5 Å². The quantitative estimate of drug-likeness (QED) is 0.601. The summed E-state index contributed by atoms with van der Waals surface area (Å²) in [7, 11) is -3.93. The molecule has 2 heterocycles. The zero-order chi connectivity index (χ0) is 18.7. The number of nitrogens with zero attached hydrogens (tertiary/aromatic N) is 4. The van der Waals surface area contributed by atoms with E-state index in [0.29, 0.717) is 29.3 Å². The number of aromatic nitrogens is 4. The molecule has 0 saturated carbocycles. The Balaban J connectivity index is 1.60. The van der Waals surface area contributed by atoms with Crippen molar-refractivity contribution in [1.82, 2.24) is 19.5 Å². The van der Waals surface area contributed by atoms with Gasteiger partial charge in [0.25, 0.3) is 0 Å². The summed E-state index contributed by atoms with van der Waals surface area (Å²) in [5, 5.41) is 0. The maximum absolute atomic E-state index is 12.2. The van der Waals surface area contributed by atoms with Crippen LogP contribution >= 0.6 is 7.60 Å². The van der Waals surface area contributed by atoms with Gasteiger partial charge in [-0.25, -0.2) is 19.5 Å². The molecule has 1 aromatic carbocycles. The van der Waals surface area contributed by atoms with E-state index in [-0.39, 0.29) is 6.10 Å². The zero-order valence-corrected chi connectivity index (χ0v) is 15.3. The molecule has 2 atom stereocenters. The maximum atomic E-state index is 12.2. The van der Waals surface area contributed by atoms with Crippen LogP contribution in [0.1, 0.15) is 12.5 Å². The first-order valence-electron chi connectivity index (χ1n) is 7.95. The van der Waals surface area contributed by atoms with Gasteiger partial charge in [0, 0.05) is 0 Å². The molecule has 3 aromatic rings. The second-order valence-electron chi connectivity index (χ2n) is 5.98. The molecule has 2 aromatic heterocycles. The van der Waals surface area contributed by atoms with Gasteiger partial charge in [0.2, 0.25) is 0 Å². The molecule has 0 aliphatic rings. The highest BCUT2D eigenvalue weighted by Crippen LogP contribution is 2.42. The Morgan fingerprint density at radius 2 is 2.15 bits per heavy atom. The van der Waals surface area contributed by atoms with Crippen molar-refractivity contribution in [3.05, 3.63) is 42.5 Å². The number of anilines is 1.